The Bertz CT molecular complexity index is 859. The summed E-state index contributed by atoms with van der Waals surface area (Å²) in [5.74, 6) is 0.0919. The first-order chi connectivity index (χ1) is 12.6. The van der Waals surface area contributed by atoms with Gasteiger partial charge in [0.15, 0.2) is 0 Å². The average molecular weight is 376 g/mol. The van der Waals surface area contributed by atoms with E-state index in [1.165, 1.54) is 0 Å². The smallest absolute Gasteiger partial charge is 0.243 e. The number of fused-ring (bicyclic) bond motifs is 2. The van der Waals surface area contributed by atoms with Crippen LogP contribution in [0, 0.1) is 5.82 Å². The van der Waals surface area contributed by atoms with Crippen LogP contribution >= 0.6 is 11.6 Å². The Balaban J connectivity index is 1.50. The predicted molar refractivity (Wildman–Crippen MR) is 99.6 cm³/mol. The molecule has 0 saturated heterocycles. The number of amides is 1. The molecule has 2 aliphatic rings. The number of hydrogen-bond acceptors (Lipinski definition) is 4. The lowest BCUT2D eigenvalue weighted by atomic mass is 9.99. The summed E-state index contributed by atoms with van der Waals surface area (Å²) >= 11 is 6.06. The zero-order valence-corrected chi connectivity index (χ0v) is 14.9. The molecule has 2 aromatic rings. The Hall–Kier alpha value is -2.31. The number of rotatable bonds is 3. The predicted octanol–water partition coefficient (Wildman–Crippen LogP) is 2.96. The van der Waals surface area contributed by atoms with Crippen LogP contribution in [0.5, 0.6) is 5.75 Å². The van der Waals surface area contributed by atoms with Crippen LogP contribution in [0.15, 0.2) is 30.3 Å². The van der Waals surface area contributed by atoms with Crippen molar-refractivity contribution in [1.82, 2.24) is 5.32 Å². The summed E-state index contributed by atoms with van der Waals surface area (Å²) in [7, 11) is 0. The lowest BCUT2D eigenvalue weighted by Crippen LogP contribution is -2.39. The maximum Gasteiger partial charge on any atom is 0.243 e. The van der Waals surface area contributed by atoms with E-state index in [0.29, 0.717) is 42.5 Å². The van der Waals surface area contributed by atoms with E-state index in [1.54, 1.807) is 24.3 Å². The van der Waals surface area contributed by atoms with Crippen molar-refractivity contribution in [1.29, 1.82) is 0 Å². The molecular formula is C19H19ClFN3O2. The van der Waals surface area contributed by atoms with Crippen LogP contribution in [0.4, 0.5) is 15.8 Å². The topological polar surface area (TPSA) is 53.6 Å². The van der Waals surface area contributed by atoms with Crippen LogP contribution in [0.1, 0.15) is 11.1 Å². The van der Waals surface area contributed by atoms with Gasteiger partial charge in [-0.1, -0.05) is 17.7 Å². The van der Waals surface area contributed by atoms with Crippen molar-refractivity contribution >= 4 is 28.9 Å². The molecule has 136 valence electrons. The molecule has 0 fully saturated rings. The van der Waals surface area contributed by atoms with Crippen LogP contribution in [0.3, 0.4) is 0 Å². The monoisotopic (exact) mass is 375 g/mol. The minimum atomic E-state index is -0.331. The van der Waals surface area contributed by atoms with Gasteiger partial charge in [0.2, 0.25) is 5.91 Å². The Kier molecular flexibility index (Phi) is 4.70. The van der Waals surface area contributed by atoms with Gasteiger partial charge in [-0.3, -0.25) is 4.79 Å². The van der Waals surface area contributed by atoms with Crippen LogP contribution in [0.25, 0.3) is 0 Å². The lowest BCUT2D eigenvalue weighted by molar-refractivity contribution is -0.115. The number of ether oxygens (including phenoxy) is 1. The molecule has 0 atom stereocenters. The van der Waals surface area contributed by atoms with E-state index >= 15 is 0 Å². The number of nitrogens with one attached hydrogen (secondary N) is 2. The average Bonchev–Trinajstić information content (AvgIpc) is 2.65. The van der Waals surface area contributed by atoms with Gasteiger partial charge in [0.05, 0.1) is 24.5 Å². The minimum Gasteiger partial charge on any atom is -0.490 e. The molecule has 2 aliphatic heterocycles. The van der Waals surface area contributed by atoms with Gasteiger partial charge in [-0.25, -0.2) is 4.39 Å². The van der Waals surface area contributed by atoms with Gasteiger partial charge in [-0.15, -0.1) is 0 Å². The maximum atomic E-state index is 14.7. The molecule has 0 aromatic heterocycles. The number of halogens is 2. The van der Waals surface area contributed by atoms with Gasteiger partial charge in [0.1, 0.15) is 18.2 Å². The number of nitrogens with zero attached hydrogens (tertiary/aromatic N) is 1. The first-order valence-corrected chi connectivity index (χ1v) is 8.98. The third-order valence-corrected chi connectivity index (χ3v) is 4.93. The van der Waals surface area contributed by atoms with Crippen LogP contribution in [-0.4, -0.2) is 32.1 Å². The van der Waals surface area contributed by atoms with Gasteiger partial charge in [-0.2, -0.15) is 0 Å². The molecule has 0 unspecified atom stereocenters. The number of benzene rings is 2. The highest BCUT2D eigenvalue weighted by atomic mass is 35.5. The van der Waals surface area contributed by atoms with E-state index in [9.17, 15) is 9.18 Å². The van der Waals surface area contributed by atoms with Crippen LogP contribution < -0.4 is 20.3 Å². The van der Waals surface area contributed by atoms with Crippen LogP contribution in [0.2, 0.25) is 5.02 Å². The second kappa shape index (κ2) is 7.13. The van der Waals surface area contributed by atoms with Gasteiger partial charge >= 0.3 is 0 Å². The van der Waals surface area contributed by atoms with Crippen molar-refractivity contribution in [3.8, 4) is 5.75 Å². The van der Waals surface area contributed by atoms with Crippen molar-refractivity contribution in [2.45, 2.75) is 13.0 Å². The quantitative estimate of drug-likeness (QED) is 0.866. The molecule has 1 amide bonds. The summed E-state index contributed by atoms with van der Waals surface area (Å²) in [5.41, 5.74) is 2.64. The van der Waals surface area contributed by atoms with Gasteiger partial charge in [0, 0.05) is 11.6 Å². The Morgan fingerprint density at radius 1 is 1.35 bits per heavy atom. The van der Waals surface area contributed by atoms with Crippen molar-refractivity contribution < 1.29 is 13.9 Å². The first-order valence-electron chi connectivity index (χ1n) is 8.60. The summed E-state index contributed by atoms with van der Waals surface area (Å²) in [4.78, 5) is 14.4. The standard InChI is InChI=1S/C19H19ClFN3O2/c20-13-2-4-17-16(9-13)24(7-8-26-17)11-18(25)23-15-3-1-12-10-22-6-5-14(12)19(15)21/h1-4,9,22H,5-8,10-11H2,(H,23,25). The molecule has 0 bridgehead atoms. The molecule has 0 saturated carbocycles. The molecule has 7 heteroatoms. The van der Waals surface area contributed by atoms with Gasteiger partial charge < -0.3 is 20.3 Å². The highest BCUT2D eigenvalue weighted by molar-refractivity contribution is 6.31. The van der Waals surface area contributed by atoms with E-state index in [4.69, 9.17) is 16.3 Å². The van der Waals surface area contributed by atoms with E-state index in [-0.39, 0.29) is 24.0 Å². The number of hydrogen-bond donors (Lipinski definition) is 2. The number of carbonyl (C=O) groups excluding carboxylic acids is 1. The molecule has 2 N–H and O–H groups in total. The lowest BCUT2D eigenvalue weighted by Gasteiger charge is -2.30. The highest BCUT2D eigenvalue weighted by Gasteiger charge is 2.22. The molecule has 0 spiro atoms. The molecule has 0 radical (unpaired) electrons. The van der Waals surface area contributed by atoms with Crippen molar-refractivity contribution in [2.24, 2.45) is 0 Å². The summed E-state index contributed by atoms with van der Waals surface area (Å²) < 4.78 is 20.3. The Labute approximate surface area is 156 Å². The fourth-order valence-corrected chi connectivity index (χ4v) is 3.57. The van der Waals surface area contributed by atoms with E-state index in [2.05, 4.69) is 10.6 Å². The second-order valence-electron chi connectivity index (χ2n) is 6.42. The van der Waals surface area contributed by atoms with E-state index < -0.39 is 0 Å². The molecule has 2 heterocycles. The molecular weight excluding hydrogens is 357 g/mol. The molecule has 2 aromatic carbocycles. The molecule has 0 aliphatic carbocycles. The zero-order chi connectivity index (χ0) is 18.1. The van der Waals surface area contributed by atoms with E-state index in [0.717, 1.165) is 17.8 Å². The summed E-state index contributed by atoms with van der Waals surface area (Å²) in [6, 6.07) is 8.81. The normalized spacial score (nSPS) is 15.7. The molecule has 5 nitrogen and oxygen atoms in total. The SMILES string of the molecule is O=C(CN1CCOc2ccc(Cl)cc21)Nc1ccc2c(c1F)CCNC2. The third kappa shape index (κ3) is 3.34. The fraction of sp³-hybridized carbons (Fsp3) is 0.316. The van der Waals surface area contributed by atoms with Crippen LogP contribution in [-0.2, 0) is 17.8 Å². The maximum absolute atomic E-state index is 14.7. The third-order valence-electron chi connectivity index (χ3n) is 4.70. The van der Waals surface area contributed by atoms with Crippen molar-refractivity contribution in [3.63, 3.8) is 0 Å². The van der Waals surface area contributed by atoms with Crippen molar-refractivity contribution in [2.75, 3.05) is 36.5 Å². The summed E-state index contributed by atoms with van der Waals surface area (Å²) in [6.45, 7) is 2.56. The number of carbonyl (C=O) groups is 1. The van der Waals surface area contributed by atoms with Gasteiger partial charge in [-0.05, 0) is 48.4 Å². The summed E-state index contributed by atoms with van der Waals surface area (Å²) in [6.07, 6.45) is 0.625. The van der Waals surface area contributed by atoms with Crippen molar-refractivity contribution in [3.05, 3.63) is 52.3 Å². The highest BCUT2D eigenvalue weighted by Crippen LogP contribution is 2.34. The molecule has 4 rings (SSSR count). The Morgan fingerprint density at radius 2 is 2.23 bits per heavy atom. The van der Waals surface area contributed by atoms with E-state index in [1.807, 2.05) is 11.0 Å². The molecule has 26 heavy (non-hydrogen) atoms. The fourth-order valence-electron chi connectivity index (χ4n) is 3.40. The largest absolute Gasteiger partial charge is 0.490 e. The summed E-state index contributed by atoms with van der Waals surface area (Å²) in [5, 5.41) is 6.49. The second-order valence-corrected chi connectivity index (χ2v) is 6.86. The first kappa shape index (κ1) is 17.1. The zero-order valence-electron chi connectivity index (χ0n) is 14.1. The van der Waals surface area contributed by atoms with Gasteiger partial charge in [0.25, 0.3) is 0 Å². The minimum absolute atomic E-state index is 0.106. The number of anilines is 2. The Morgan fingerprint density at radius 3 is 3.12 bits per heavy atom.